The molecule has 1 aromatic carbocycles. The van der Waals surface area contributed by atoms with E-state index in [2.05, 4.69) is 13.8 Å². The fourth-order valence-electron chi connectivity index (χ4n) is 2.97. The number of rotatable bonds is 3. The number of nitriles is 1. The zero-order chi connectivity index (χ0) is 14.7. The number of hydrogen-bond donors (Lipinski definition) is 0. The van der Waals surface area contributed by atoms with Crippen molar-refractivity contribution in [1.82, 2.24) is 0 Å². The molecule has 0 radical (unpaired) electrons. The molecular weight excluding hydrogens is 256 g/mol. The zero-order valence-electron chi connectivity index (χ0n) is 11.7. The van der Waals surface area contributed by atoms with Crippen molar-refractivity contribution < 1.29 is 9.66 Å². The van der Waals surface area contributed by atoms with Crippen LogP contribution in [0.1, 0.15) is 38.7 Å². The Bertz CT molecular complexity index is 541. The molecule has 2 atom stereocenters. The Kier molecular flexibility index (Phi) is 4.23. The van der Waals surface area contributed by atoms with E-state index in [1.165, 1.54) is 24.6 Å². The molecule has 0 aliphatic heterocycles. The van der Waals surface area contributed by atoms with E-state index < -0.39 is 4.92 Å². The standard InChI is InChI=1S/C15H18N2O3/c1-10-5-11(2)7-14(6-10)20-15-4-3-13(17(18)19)8-12(15)9-16/h3-4,8,10-11,14H,5-7H2,1-2H3. The van der Waals surface area contributed by atoms with Gasteiger partial charge in [-0.05, 0) is 37.2 Å². The first kappa shape index (κ1) is 14.3. The molecule has 2 rings (SSSR count). The summed E-state index contributed by atoms with van der Waals surface area (Å²) in [5, 5.41) is 19.8. The summed E-state index contributed by atoms with van der Waals surface area (Å²) in [6.45, 7) is 4.40. The second-order valence-corrected chi connectivity index (χ2v) is 5.71. The van der Waals surface area contributed by atoms with E-state index in [4.69, 9.17) is 10.00 Å². The highest BCUT2D eigenvalue weighted by Gasteiger charge is 2.26. The average Bonchev–Trinajstić information content (AvgIpc) is 2.37. The van der Waals surface area contributed by atoms with E-state index in [0.29, 0.717) is 17.6 Å². The molecule has 2 unspecified atom stereocenters. The van der Waals surface area contributed by atoms with Crippen LogP contribution < -0.4 is 4.74 Å². The molecule has 1 aliphatic carbocycles. The second-order valence-electron chi connectivity index (χ2n) is 5.71. The minimum Gasteiger partial charge on any atom is -0.489 e. The van der Waals surface area contributed by atoms with E-state index in [1.54, 1.807) is 0 Å². The van der Waals surface area contributed by atoms with Gasteiger partial charge in [-0.15, -0.1) is 0 Å². The van der Waals surface area contributed by atoms with Crippen molar-refractivity contribution in [2.24, 2.45) is 11.8 Å². The Morgan fingerprint density at radius 3 is 2.50 bits per heavy atom. The SMILES string of the molecule is CC1CC(C)CC(Oc2ccc([N+](=O)[O-])cc2C#N)C1. The maximum Gasteiger partial charge on any atom is 0.271 e. The first-order valence-corrected chi connectivity index (χ1v) is 6.84. The van der Waals surface area contributed by atoms with Crippen LogP contribution in [0.25, 0.3) is 0 Å². The van der Waals surface area contributed by atoms with Crippen LogP contribution >= 0.6 is 0 Å². The molecule has 1 fully saturated rings. The number of hydrogen-bond acceptors (Lipinski definition) is 4. The van der Waals surface area contributed by atoms with Gasteiger partial charge < -0.3 is 4.74 Å². The summed E-state index contributed by atoms with van der Waals surface area (Å²) in [5.74, 6) is 1.66. The van der Waals surface area contributed by atoms with Gasteiger partial charge in [0, 0.05) is 12.1 Å². The lowest BCUT2D eigenvalue weighted by Crippen LogP contribution is -2.28. The first-order valence-electron chi connectivity index (χ1n) is 6.84. The minimum atomic E-state index is -0.505. The topological polar surface area (TPSA) is 76.2 Å². The third-order valence-electron chi connectivity index (χ3n) is 3.72. The lowest BCUT2D eigenvalue weighted by Gasteiger charge is -2.31. The van der Waals surface area contributed by atoms with Crippen molar-refractivity contribution in [3.8, 4) is 11.8 Å². The van der Waals surface area contributed by atoms with Gasteiger partial charge in [-0.1, -0.05) is 13.8 Å². The summed E-state index contributed by atoms with van der Waals surface area (Å²) in [6, 6.07) is 6.15. The summed E-state index contributed by atoms with van der Waals surface area (Å²) in [7, 11) is 0. The molecule has 1 aromatic rings. The molecule has 0 aromatic heterocycles. The molecule has 20 heavy (non-hydrogen) atoms. The molecule has 5 heteroatoms. The summed E-state index contributed by atoms with van der Waals surface area (Å²) >= 11 is 0. The molecule has 0 amide bonds. The minimum absolute atomic E-state index is 0.0840. The quantitative estimate of drug-likeness (QED) is 0.622. The monoisotopic (exact) mass is 274 g/mol. The predicted molar refractivity (Wildman–Crippen MR) is 74.4 cm³/mol. The van der Waals surface area contributed by atoms with Crippen LogP contribution in [0, 0.1) is 33.3 Å². The van der Waals surface area contributed by atoms with Gasteiger partial charge in [0.2, 0.25) is 0 Å². The van der Waals surface area contributed by atoms with Gasteiger partial charge in [0.05, 0.1) is 11.0 Å². The number of benzene rings is 1. The van der Waals surface area contributed by atoms with Crippen molar-refractivity contribution in [2.45, 2.75) is 39.2 Å². The van der Waals surface area contributed by atoms with E-state index >= 15 is 0 Å². The molecule has 1 aliphatic rings. The summed E-state index contributed by atoms with van der Waals surface area (Å²) in [5.41, 5.74) is 0.143. The van der Waals surface area contributed by atoms with Crippen molar-refractivity contribution >= 4 is 5.69 Å². The summed E-state index contributed by atoms with van der Waals surface area (Å²) < 4.78 is 5.91. The van der Waals surface area contributed by atoms with Gasteiger partial charge in [0.15, 0.2) is 0 Å². The van der Waals surface area contributed by atoms with Crippen LogP contribution in [-0.2, 0) is 0 Å². The van der Waals surface area contributed by atoms with Crippen LogP contribution in [0.15, 0.2) is 18.2 Å². The summed E-state index contributed by atoms with van der Waals surface area (Å²) in [4.78, 5) is 10.2. The third kappa shape index (κ3) is 3.27. The highest BCUT2D eigenvalue weighted by Crippen LogP contribution is 2.33. The van der Waals surface area contributed by atoms with Crippen molar-refractivity contribution in [2.75, 3.05) is 0 Å². The molecule has 0 saturated heterocycles. The van der Waals surface area contributed by atoms with Gasteiger partial charge >= 0.3 is 0 Å². The number of ether oxygens (including phenoxy) is 1. The van der Waals surface area contributed by atoms with Crippen LogP contribution in [0.4, 0.5) is 5.69 Å². The highest BCUT2D eigenvalue weighted by atomic mass is 16.6. The molecule has 0 N–H and O–H groups in total. The number of non-ortho nitro benzene ring substituents is 1. The normalized spacial score (nSPS) is 25.8. The molecule has 5 nitrogen and oxygen atoms in total. The average molecular weight is 274 g/mol. The Balaban J connectivity index is 2.17. The van der Waals surface area contributed by atoms with Crippen LogP contribution in [0.3, 0.4) is 0 Å². The molecule has 0 spiro atoms. The molecule has 0 bridgehead atoms. The summed E-state index contributed by atoms with van der Waals surface area (Å²) in [6.07, 6.45) is 3.21. The van der Waals surface area contributed by atoms with E-state index in [0.717, 1.165) is 12.8 Å². The lowest BCUT2D eigenvalue weighted by atomic mass is 9.82. The molecule has 1 saturated carbocycles. The van der Waals surface area contributed by atoms with E-state index in [-0.39, 0.29) is 17.4 Å². The van der Waals surface area contributed by atoms with Gasteiger partial charge in [-0.2, -0.15) is 5.26 Å². The maximum absolute atomic E-state index is 10.7. The van der Waals surface area contributed by atoms with Crippen LogP contribution in [-0.4, -0.2) is 11.0 Å². The number of nitro groups is 1. The molecular formula is C15H18N2O3. The van der Waals surface area contributed by atoms with Gasteiger partial charge in [-0.25, -0.2) is 0 Å². The smallest absolute Gasteiger partial charge is 0.271 e. The Morgan fingerprint density at radius 1 is 1.30 bits per heavy atom. The van der Waals surface area contributed by atoms with Gasteiger partial charge in [-0.3, -0.25) is 10.1 Å². The van der Waals surface area contributed by atoms with Gasteiger partial charge in [0.1, 0.15) is 17.4 Å². The number of nitrogens with zero attached hydrogens (tertiary/aromatic N) is 2. The Morgan fingerprint density at radius 2 is 1.95 bits per heavy atom. The second kappa shape index (κ2) is 5.91. The van der Waals surface area contributed by atoms with Crippen molar-refractivity contribution in [1.29, 1.82) is 5.26 Å². The zero-order valence-corrected chi connectivity index (χ0v) is 11.7. The highest BCUT2D eigenvalue weighted by molar-refractivity contribution is 5.50. The fraction of sp³-hybridized carbons (Fsp3) is 0.533. The Hall–Kier alpha value is -2.09. The van der Waals surface area contributed by atoms with E-state index in [1.807, 2.05) is 6.07 Å². The lowest BCUT2D eigenvalue weighted by molar-refractivity contribution is -0.384. The Labute approximate surface area is 118 Å². The third-order valence-corrected chi connectivity index (χ3v) is 3.72. The largest absolute Gasteiger partial charge is 0.489 e. The van der Waals surface area contributed by atoms with Crippen LogP contribution in [0.5, 0.6) is 5.75 Å². The predicted octanol–water partition coefficient (Wildman–Crippen LogP) is 3.67. The van der Waals surface area contributed by atoms with Gasteiger partial charge in [0.25, 0.3) is 5.69 Å². The van der Waals surface area contributed by atoms with Crippen LogP contribution in [0.2, 0.25) is 0 Å². The molecule has 0 heterocycles. The van der Waals surface area contributed by atoms with Crippen molar-refractivity contribution in [3.05, 3.63) is 33.9 Å². The van der Waals surface area contributed by atoms with E-state index in [9.17, 15) is 10.1 Å². The molecule has 106 valence electrons. The fourth-order valence-corrected chi connectivity index (χ4v) is 2.97. The maximum atomic E-state index is 10.7. The number of nitro benzene ring substituents is 1. The van der Waals surface area contributed by atoms with Crippen molar-refractivity contribution in [3.63, 3.8) is 0 Å². The first-order chi connectivity index (χ1) is 9.49.